The zero-order valence-corrected chi connectivity index (χ0v) is 26.7. The number of nitrogens with zero attached hydrogens (tertiary/aromatic N) is 2. The summed E-state index contributed by atoms with van der Waals surface area (Å²) in [6, 6.07) is 36.7. The molecular weight excluding hydrogens is 621 g/mol. The molecule has 1 fully saturated rings. The molecule has 1 aliphatic rings. The molecule has 0 aliphatic carbocycles. The van der Waals surface area contributed by atoms with Crippen LogP contribution in [0.1, 0.15) is 11.1 Å². The monoisotopic (exact) mass is 656 g/mol. The SMILES string of the molecule is O=S1(=O)N(Cc2ccccc2)[C@H](COc2ccccc2)[C@H](O)[C@@H](O)[C@@H](COc2ccccc2)N1Cc1ccc(-c2cccs2)cc1. The zero-order chi connectivity index (χ0) is 31.9. The van der Waals surface area contributed by atoms with E-state index in [2.05, 4.69) is 0 Å². The number of hydrogen-bond donors (Lipinski definition) is 2. The fourth-order valence-electron chi connectivity index (χ4n) is 5.59. The molecule has 1 aromatic heterocycles. The lowest BCUT2D eigenvalue weighted by Crippen LogP contribution is -2.52. The topological polar surface area (TPSA) is 99.5 Å². The molecule has 2 N–H and O–H groups in total. The van der Waals surface area contributed by atoms with Crippen molar-refractivity contribution in [3.63, 3.8) is 0 Å². The Morgan fingerprint density at radius 1 is 0.587 bits per heavy atom. The average Bonchev–Trinajstić information content (AvgIpc) is 3.63. The maximum atomic E-state index is 14.9. The highest BCUT2D eigenvalue weighted by atomic mass is 32.2. The second-order valence-corrected chi connectivity index (χ2v) is 13.9. The van der Waals surface area contributed by atoms with Crippen molar-refractivity contribution in [2.45, 2.75) is 37.4 Å². The lowest BCUT2D eigenvalue weighted by Gasteiger charge is -2.34. The Hall–Kier alpha value is -4.03. The van der Waals surface area contributed by atoms with Crippen molar-refractivity contribution >= 4 is 21.5 Å². The maximum Gasteiger partial charge on any atom is 0.283 e. The molecule has 5 aromatic rings. The summed E-state index contributed by atoms with van der Waals surface area (Å²) in [5.41, 5.74) is 2.49. The van der Waals surface area contributed by atoms with Gasteiger partial charge in [-0.25, -0.2) is 0 Å². The first-order chi connectivity index (χ1) is 22.4. The summed E-state index contributed by atoms with van der Waals surface area (Å²) in [4.78, 5) is 1.11. The average molecular weight is 657 g/mol. The number of aliphatic hydroxyl groups is 2. The van der Waals surface area contributed by atoms with Gasteiger partial charge in [-0.05, 0) is 52.4 Å². The van der Waals surface area contributed by atoms with Crippen molar-refractivity contribution in [2.24, 2.45) is 0 Å². The molecule has 238 valence electrons. The summed E-state index contributed by atoms with van der Waals surface area (Å²) >= 11 is 1.63. The number of benzene rings is 4. The standard InChI is InChI=1S/C36H36N2O6S2/c39-35-32(25-43-30-13-6-2-7-14-30)37(23-27-11-4-1-5-12-27)46(41,42)38(33(36(35)40)26-44-31-15-8-3-9-16-31)24-28-18-20-29(21-19-28)34-17-10-22-45-34/h1-22,32-33,35-36,39-40H,23-26H2/t32-,33-,35+,36+/m1/s1. The first kappa shape index (κ1) is 31.9. The molecule has 46 heavy (non-hydrogen) atoms. The van der Waals surface area contributed by atoms with E-state index in [4.69, 9.17) is 9.47 Å². The predicted molar refractivity (Wildman–Crippen MR) is 180 cm³/mol. The minimum Gasteiger partial charge on any atom is -0.492 e. The fraction of sp³-hybridized carbons (Fsp3) is 0.222. The summed E-state index contributed by atoms with van der Waals surface area (Å²) in [7, 11) is -4.33. The van der Waals surface area contributed by atoms with Gasteiger partial charge in [-0.2, -0.15) is 17.0 Å². The van der Waals surface area contributed by atoms with Crippen molar-refractivity contribution in [2.75, 3.05) is 13.2 Å². The summed E-state index contributed by atoms with van der Waals surface area (Å²) in [6.45, 7) is -0.433. The molecule has 1 saturated heterocycles. The van der Waals surface area contributed by atoms with Crippen molar-refractivity contribution in [3.8, 4) is 21.9 Å². The van der Waals surface area contributed by atoms with Crippen LogP contribution in [0.25, 0.3) is 10.4 Å². The second-order valence-electron chi connectivity index (χ2n) is 11.1. The summed E-state index contributed by atoms with van der Waals surface area (Å²) in [5, 5.41) is 25.5. The van der Waals surface area contributed by atoms with E-state index in [0.29, 0.717) is 11.5 Å². The maximum absolute atomic E-state index is 14.9. The number of ether oxygens (including phenoxy) is 2. The normalized spacial score (nSPS) is 21.8. The van der Waals surface area contributed by atoms with Crippen LogP contribution in [0, 0.1) is 0 Å². The number of thiophene rings is 1. The molecule has 4 atom stereocenters. The molecule has 2 heterocycles. The van der Waals surface area contributed by atoms with Gasteiger partial charge >= 0.3 is 0 Å². The number of para-hydroxylation sites is 2. The van der Waals surface area contributed by atoms with Crippen LogP contribution in [0.5, 0.6) is 11.5 Å². The van der Waals surface area contributed by atoms with Crippen molar-refractivity contribution in [1.29, 1.82) is 0 Å². The summed E-state index contributed by atoms with van der Waals surface area (Å²) in [5.74, 6) is 1.05. The van der Waals surface area contributed by atoms with E-state index >= 15 is 0 Å². The summed E-state index contributed by atoms with van der Waals surface area (Å²) in [6.07, 6.45) is -2.98. The van der Waals surface area contributed by atoms with Crippen LogP contribution < -0.4 is 9.47 Å². The van der Waals surface area contributed by atoms with Crippen LogP contribution in [-0.4, -0.2) is 64.7 Å². The van der Waals surface area contributed by atoms with E-state index in [1.807, 2.05) is 109 Å². The highest BCUT2D eigenvalue weighted by Gasteiger charge is 2.51. The third-order valence-corrected chi connectivity index (χ3v) is 11.0. The minimum absolute atomic E-state index is 0.0319. The lowest BCUT2D eigenvalue weighted by molar-refractivity contribution is -0.0565. The van der Waals surface area contributed by atoms with Gasteiger partial charge in [0.2, 0.25) is 0 Å². The van der Waals surface area contributed by atoms with E-state index in [0.717, 1.165) is 21.6 Å². The molecule has 6 rings (SSSR count). The van der Waals surface area contributed by atoms with Gasteiger partial charge in [0.15, 0.2) is 0 Å². The number of hydrogen-bond acceptors (Lipinski definition) is 7. The smallest absolute Gasteiger partial charge is 0.283 e. The Morgan fingerprint density at radius 3 is 1.50 bits per heavy atom. The van der Waals surface area contributed by atoms with Crippen molar-refractivity contribution < 1.29 is 28.1 Å². The molecule has 8 nitrogen and oxygen atoms in total. The third kappa shape index (κ3) is 7.33. The molecule has 0 radical (unpaired) electrons. The highest BCUT2D eigenvalue weighted by Crippen LogP contribution is 2.32. The minimum atomic E-state index is -4.33. The van der Waals surface area contributed by atoms with Gasteiger partial charge in [-0.1, -0.05) is 97.1 Å². The Bertz CT molecular complexity index is 1760. The van der Waals surface area contributed by atoms with E-state index in [1.165, 1.54) is 8.61 Å². The Kier molecular flexibility index (Phi) is 10.1. The molecule has 0 bridgehead atoms. The molecular formula is C36H36N2O6S2. The summed E-state index contributed by atoms with van der Waals surface area (Å²) < 4.78 is 44.3. The van der Waals surface area contributed by atoms with Gasteiger partial charge in [0.25, 0.3) is 10.2 Å². The van der Waals surface area contributed by atoms with Crippen LogP contribution in [0.15, 0.2) is 133 Å². The molecule has 10 heteroatoms. The molecule has 0 unspecified atom stereocenters. The van der Waals surface area contributed by atoms with E-state index in [9.17, 15) is 18.6 Å². The third-order valence-electron chi connectivity index (χ3n) is 8.08. The van der Waals surface area contributed by atoms with Gasteiger partial charge in [0.1, 0.15) is 36.9 Å². The van der Waals surface area contributed by atoms with Gasteiger partial charge in [0.05, 0.1) is 12.1 Å². The number of rotatable bonds is 11. The molecule has 0 spiro atoms. The molecule has 4 aromatic carbocycles. The van der Waals surface area contributed by atoms with Gasteiger partial charge < -0.3 is 19.7 Å². The van der Waals surface area contributed by atoms with Crippen molar-refractivity contribution in [1.82, 2.24) is 8.61 Å². The van der Waals surface area contributed by atoms with Crippen LogP contribution >= 0.6 is 11.3 Å². The molecule has 0 saturated carbocycles. The van der Waals surface area contributed by atoms with Gasteiger partial charge in [-0.3, -0.25) is 0 Å². The zero-order valence-electron chi connectivity index (χ0n) is 25.1. The van der Waals surface area contributed by atoms with E-state index in [1.54, 1.807) is 35.6 Å². The number of aliphatic hydroxyl groups excluding tert-OH is 2. The lowest BCUT2D eigenvalue weighted by atomic mass is 9.99. The van der Waals surface area contributed by atoms with Crippen LogP contribution in [0.3, 0.4) is 0 Å². The van der Waals surface area contributed by atoms with Crippen LogP contribution in [-0.2, 0) is 23.3 Å². The van der Waals surface area contributed by atoms with Crippen LogP contribution in [0.4, 0.5) is 0 Å². The van der Waals surface area contributed by atoms with E-state index < -0.39 is 34.5 Å². The Balaban J connectivity index is 1.39. The Morgan fingerprint density at radius 2 is 1.04 bits per heavy atom. The van der Waals surface area contributed by atoms with Crippen molar-refractivity contribution in [3.05, 3.63) is 144 Å². The van der Waals surface area contributed by atoms with E-state index in [-0.39, 0.29) is 26.3 Å². The fourth-order valence-corrected chi connectivity index (χ4v) is 8.27. The van der Waals surface area contributed by atoms with Gasteiger partial charge in [-0.15, -0.1) is 11.3 Å². The molecule has 0 amide bonds. The largest absolute Gasteiger partial charge is 0.492 e. The quantitative estimate of drug-likeness (QED) is 0.192. The van der Waals surface area contributed by atoms with Gasteiger partial charge in [0, 0.05) is 18.0 Å². The second kappa shape index (κ2) is 14.6. The highest BCUT2D eigenvalue weighted by molar-refractivity contribution is 7.86. The first-order valence-corrected chi connectivity index (χ1v) is 17.3. The predicted octanol–water partition coefficient (Wildman–Crippen LogP) is 5.59. The first-order valence-electron chi connectivity index (χ1n) is 15.1. The molecule has 1 aliphatic heterocycles. The Labute approximate surface area is 273 Å². The van der Waals surface area contributed by atoms with Crippen LogP contribution in [0.2, 0.25) is 0 Å².